The first-order valence-corrected chi connectivity index (χ1v) is 16.4. The van der Waals surface area contributed by atoms with Gasteiger partial charge in [-0.3, -0.25) is 4.79 Å². The number of H-pyrrole nitrogens is 1. The van der Waals surface area contributed by atoms with E-state index in [0.717, 1.165) is 37.7 Å². The second kappa shape index (κ2) is 8.12. The van der Waals surface area contributed by atoms with E-state index >= 15 is 0 Å². The number of fused-ring (bicyclic) bond motifs is 12. The molecule has 43 heavy (non-hydrogen) atoms. The molecule has 6 heteroatoms. The highest BCUT2D eigenvalue weighted by Crippen LogP contribution is 2.69. The fourth-order valence-electron chi connectivity index (χ4n) is 10.9. The fraction of sp³-hybridized carbons (Fsp3) is 0.649. The van der Waals surface area contributed by atoms with Gasteiger partial charge in [-0.1, -0.05) is 13.8 Å². The molecule has 3 heterocycles. The lowest BCUT2D eigenvalue weighted by Gasteiger charge is -2.64. The normalized spacial score (nSPS) is 40.6. The lowest BCUT2D eigenvalue weighted by Crippen LogP contribution is -2.68. The van der Waals surface area contributed by atoms with Crippen LogP contribution < -0.4 is 0 Å². The molecular weight excluding hydrogens is 538 g/mol. The zero-order chi connectivity index (χ0) is 30.7. The number of ketones is 1. The second-order valence-corrected chi connectivity index (χ2v) is 16.7. The third-order valence-corrected chi connectivity index (χ3v) is 13.0. The molecule has 0 saturated heterocycles. The molecule has 4 aliphatic carbocycles. The van der Waals surface area contributed by atoms with Crippen molar-refractivity contribution in [2.75, 3.05) is 0 Å². The van der Waals surface area contributed by atoms with Crippen molar-refractivity contribution in [2.24, 2.45) is 17.3 Å². The number of rotatable bonds is 1. The summed E-state index contributed by atoms with van der Waals surface area (Å²) in [5.74, 6) is 0.517. The molecule has 1 aromatic carbocycles. The Kier molecular flexibility index (Phi) is 5.33. The molecule has 7 atom stereocenters. The molecule has 0 amide bonds. The minimum atomic E-state index is -1.27. The maximum atomic E-state index is 13.2. The van der Waals surface area contributed by atoms with Crippen LogP contribution in [0.1, 0.15) is 103 Å². The van der Waals surface area contributed by atoms with Crippen LogP contribution in [0.2, 0.25) is 0 Å². The fourth-order valence-corrected chi connectivity index (χ4v) is 10.9. The minimum Gasteiger partial charge on any atom is -0.387 e. The van der Waals surface area contributed by atoms with E-state index in [2.05, 4.69) is 64.7 Å². The van der Waals surface area contributed by atoms with Crippen LogP contribution in [-0.4, -0.2) is 55.6 Å². The van der Waals surface area contributed by atoms with Crippen molar-refractivity contribution < 1.29 is 24.5 Å². The van der Waals surface area contributed by atoms with E-state index < -0.39 is 22.7 Å². The van der Waals surface area contributed by atoms with Crippen molar-refractivity contribution in [1.82, 2.24) is 4.98 Å². The molecule has 0 unspecified atom stereocenters. The summed E-state index contributed by atoms with van der Waals surface area (Å²) in [6.07, 6.45) is 7.72. The van der Waals surface area contributed by atoms with Crippen molar-refractivity contribution in [3.05, 3.63) is 52.2 Å². The zero-order valence-corrected chi connectivity index (χ0v) is 27.0. The third-order valence-electron chi connectivity index (χ3n) is 13.0. The molecule has 2 saturated carbocycles. The highest BCUT2D eigenvalue weighted by atomic mass is 16.5. The summed E-state index contributed by atoms with van der Waals surface area (Å²) >= 11 is 0. The molecule has 2 fully saturated rings. The number of aliphatic hydroxyl groups is 2. The van der Waals surface area contributed by atoms with Crippen molar-refractivity contribution >= 4 is 22.3 Å². The molecule has 230 valence electrons. The summed E-state index contributed by atoms with van der Waals surface area (Å²) < 4.78 is 12.8. The van der Waals surface area contributed by atoms with E-state index in [1.165, 1.54) is 38.9 Å². The Morgan fingerprint density at radius 3 is 2.49 bits per heavy atom. The number of nitrogens with one attached hydrogen (secondary N) is 1. The summed E-state index contributed by atoms with van der Waals surface area (Å²) in [5, 5.41) is 24.7. The average molecular weight is 586 g/mol. The van der Waals surface area contributed by atoms with Crippen LogP contribution in [0.4, 0.5) is 0 Å². The standard InChI is InChI=1S/C37H47NO5/c1-32(2)18-24-21-16-27-22(13-19(21)14-25(24)34(5,6)43-32)23-15-20-9-12-37(41)26-17-28(39)31(33(3,4)40)42-29(26)10-11-35(37,7)36(20,8)30(23)38-27/h13,16-18,20,25,29,31,38,40-41H,9-12,14-15H2,1-8H3/t20-,25+,29-,31-,35+,36+,37+/m0/s1. The predicted molar refractivity (Wildman–Crippen MR) is 167 cm³/mol. The lowest BCUT2D eigenvalue weighted by atomic mass is 9.42. The van der Waals surface area contributed by atoms with E-state index in [9.17, 15) is 15.0 Å². The van der Waals surface area contributed by atoms with Gasteiger partial charge in [0.05, 0.1) is 28.5 Å². The van der Waals surface area contributed by atoms with Crippen LogP contribution in [0.5, 0.6) is 0 Å². The monoisotopic (exact) mass is 585 g/mol. The lowest BCUT2D eigenvalue weighted by molar-refractivity contribution is -0.195. The number of hydrogen-bond acceptors (Lipinski definition) is 5. The highest BCUT2D eigenvalue weighted by molar-refractivity contribution is 5.96. The van der Waals surface area contributed by atoms with E-state index in [1.54, 1.807) is 19.9 Å². The Morgan fingerprint density at radius 2 is 1.77 bits per heavy atom. The molecular formula is C37H47NO5. The highest BCUT2D eigenvalue weighted by Gasteiger charge is 2.70. The van der Waals surface area contributed by atoms with E-state index in [0.29, 0.717) is 18.3 Å². The average Bonchev–Trinajstić information content (AvgIpc) is 3.52. The summed E-state index contributed by atoms with van der Waals surface area (Å²) in [6.45, 7) is 16.6. The van der Waals surface area contributed by atoms with Gasteiger partial charge in [0.25, 0.3) is 0 Å². The van der Waals surface area contributed by atoms with Gasteiger partial charge < -0.3 is 24.7 Å². The van der Waals surface area contributed by atoms with E-state index in [4.69, 9.17) is 9.47 Å². The van der Waals surface area contributed by atoms with Gasteiger partial charge in [0.15, 0.2) is 5.78 Å². The largest absolute Gasteiger partial charge is 0.387 e. The smallest absolute Gasteiger partial charge is 0.187 e. The van der Waals surface area contributed by atoms with Crippen LogP contribution in [-0.2, 0) is 32.5 Å². The van der Waals surface area contributed by atoms with Crippen LogP contribution in [0.3, 0.4) is 0 Å². The topological polar surface area (TPSA) is 91.8 Å². The molecule has 6 nitrogen and oxygen atoms in total. The molecule has 2 aliphatic heterocycles. The number of aromatic amines is 1. The second-order valence-electron chi connectivity index (χ2n) is 16.7. The molecule has 2 aromatic rings. The van der Waals surface area contributed by atoms with Gasteiger partial charge in [-0.15, -0.1) is 0 Å². The van der Waals surface area contributed by atoms with Gasteiger partial charge in [0.2, 0.25) is 0 Å². The molecule has 0 spiro atoms. The van der Waals surface area contributed by atoms with E-state index in [1.807, 2.05) is 0 Å². The van der Waals surface area contributed by atoms with Gasteiger partial charge in [0, 0.05) is 33.3 Å². The molecule has 1 aromatic heterocycles. The molecule has 6 aliphatic rings. The number of ether oxygens (including phenoxy) is 2. The Labute approximate surface area is 254 Å². The van der Waals surface area contributed by atoms with Crippen molar-refractivity contribution in [3.8, 4) is 0 Å². The summed E-state index contributed by atoms with van der Waals surface area (Å²) in [7, 11) is 0. The van der Waals surface area contributed by atoms with Crippen LogP contribution >= 0.6 is 0 Å². The summed E-state index contributed by atoms with van der Waals surface area (Å²) in [6, 6.07) is 4.83. The van der Waals surface area contributed by atoms with Crippen LogP contribution in [0.25, 0.3) is 16.5 Å². The van der Waals surface area contributed by atoms with Gasteiger partial charge in [-0.25, -0.2) is 0 Å². The number of benzene rings is 1. The maximum absolute atomic E-state index is 13.2. The van der Waals surface area contributed by atoms with Crippen molar-refractivity contribution in [1.29, 1.82) is 0 Å². The SMILES string of the molecule is CC1(C)C=C2c3cc4[nH]c5c(c4cc3C[C@H]2C(C)(C)O1)C[C@@H]1CC[C@@]2(O)C3=CC(=O)[C@@H](C(C)(C)O)O[C@H]3CC[C@]2(C)[C@@]51C. The van der Waals surface area contributed by atoms with Crippen LogP contribution in [0, 0.1) is 17.3 Å². The number of aromatic nitrogens is 1. The zero-order valence-electron chi connectivity index (χ0n) is 27.0. The summed E-state index contributed by atoms with van der Waals surface area (Å²) in [4.78, 5) is 17.2. The Bertz CT molecular complexity index is 1670. The molecule has 0 radical (unpaired) electrons. The van der Waals surface area contributed by atoms with Crippen molar-refractivity contribution in [3.63, 3.8) is 0 Å². The first-order valence-electron chi connectivity index (χ1n) is 16.4. The van der Waals surface area contributed by atoms with Gasteiger partial charge in [-0.05, 0) is 138 Å². The quantitative estimate of drug-likeness (QED) is 0.376. The maximum Gasteiger partial charge on any atom is 0.187 e. The van der Waals surface area contributed by atoms with Gasteiger partial charge >= 0.3 is 0 Å². The van der Waals surface area contributed by atoms with Gasteiger partial charge in [-0.2, -0.15) is 0 Å². The number of hydrogen-bond donors (Lipinski definition) is 3. The minimum absolute atomic E-state index is 0.228. The predicted octanol–water partition coefficient (Wildman–Crippen LogP) is 6.10. The molecule has 3 N–H and O–H groups in total. The van der Waals surface area contributed by atoms with Gasteiger partial charge in [0.1, 0.15) is 6.10 Å². The first-order chi connectivity index (χ1) is 19.9. The number of carbonyl (C=O) groups is 1. The van der Waals surface area contributed by atoms with Crippen molar-refractivity contribution in [2.45, 2.75) is 134 Å². The Balaban J connectivity index is 1.23. The number of carbonyl (C=O) groups excluding carboxylic acids is 1. The Morgan fingerprint density at radius 1 is 1.02 bits per heavy atom. The first kappa shape index (κ1) is 28.2. The summed E-state index contributed by atoms with van der Waals surface area (Å²) in [5.41, 5.74) is 5.02. The Hall–Kier alpha value is -2.25. The van der Waals surface area contributed by atoms with E-state index in [-0.39, 0.29) is 28.5 Å². The third kappa shape index (κ3) is 3.42. The molecule has 0 bridgehead atoms. The van der Waals surface area contributed by atoms with Crippen LogP contribution in [0.15, 0.2) is 29.9 Å². The molecule has 8 rings (SSSR count).